The molecule has 1 amide bonds. The molecule has 9 nitrogen and oxygen atoms in total. The molecule has 3 fully saturated rings. The van der Waals surface area contributed by atoms with Gasteiger partial charge >= 0.3 is 0 Å². The maximum Gasteiger partial charge on any atom is 0.254 e. The van der Waals surface area contributed by atoms with Crippen molar-refractivity contribution in [1.29, 1.82) is 0 Å². The number of carbonyl (C=O) groups is 1. The molecule has 10 heteroatoms. The lowest BCUT2D eigenvalue weighted by atomic mass is 10.1. The van der Waals surface area contributed by atoms with Gasteiger partial charge in [-0.3, -0.25) is 4.79 Å². The van der Waals surface area contributed by atoms with Crippen LogP contribution < -0.4 is 4.90 Å². The summed E-state index contributed by atoms with van der Waals surface area (Å²) in [4.78, 5) is 29.9. The number of sulfone groups is 1. The third kappa shape index (κ3) is 4.18. The first-order valence-electron chi connectivity index (χ1n) is 12.2. The Bertz CT molecular complexity index is 1340. The number of amides is 1. The third-order valence-corrected chi connectivity index (χ3v) is 9.31. The molecule has 0 radical (unpaired) electrons. The zero-order chi connectivity index (χ0) is 24.0. The second-order valence-electron chi connectivity index (χ2n) is 9.81. The van der Waals surface area contributed by atoms with Gasteiger partial charge in [-0.1, -0.05) is 0 Å². The van der Waals surface area contributed by atoms with E-state index in [1.807, 2.05) is 17.2 Å². The lowest BCUT2D eigenvalue weighted by molar-refractivity contribution is 0.0624. The molecule has 1 aromatic carbocycles. The van der Waals surface area contributed by atoms with Crippen molar-refractivity contribution in [3.63, 3.8) is 0 Å². The van der Waals surface area contributed by atoms with Gasteiger partial charge in [0.2, 0.25) is 0 Å². The van der Waals surface area contributed by atoms with Crippen molar-refractivity contribution in [2.45, 2.75) is 48.6 Å². The first-order valence-corrected chi connectivity index (χ1v) is 13.9. The molecule has 1 spiro atoms. The second-order valence-corrected chi connectivity index (χ2v) is 11.9. The second kappa shape index (κ2) is 8.60. The maximum atomic E-state index is 13.4. The van der Waals surface area contributed by atoms with Gasteiger partial charge in [0.1, 0.15) is 17.8 Å². The summed E-state index contributed by atoms with van der Waals surface area (Å²) in [5.74, 6) is 0.917. The van der Waals surface area contributed by atoms with Crippen LogP contribution in [0.5, 0.6) is 0 Å². The van der Waals surface area contributed by atoms with Crippen LogP contribution in [-0.4, -0.2) is 77.8 Å². The van der Waals surface area contributed by atoms with E-state index in [4.69, 9.17) is 4.74 Å². The number of rotatable bonds is 6. The number of nitrogens with zero attached hydrogens (tertiary/aromatic N) is 4. The Morgan fingerprint density at radius 3 is 2.71 bits per heavy atom. The summed E-state index contributed by atoms with van der Waals surface area (Å²) in [5.41, 5.74) is 1.14. The molecule has 1 saturated carbocycles. The van der Waals surface area contributed by atoms with Crippen molar-refractivity contribution in [2.24, 2.45) is 0 Å². The highest BCUT2D eigenvalue weighted by Crippen LogP contribution is 2.46. The van der Waals surface area contributed by atoms with Gasteiger partial charge in [-0.15, -0.1) is 0 Å². The smallest absolute Gasteiger partial charge is 0.254 e. The van der Waals surface area contributed by atoms with Crippen molar-refractivity contribution in [3.8, 4) is 0 Å². The first kappa shape index (κ1) is 22.5. The summed E-state index contributed by atoms with van der Waals surface area (Å²) >= 11 is 0. The van der Waals surface area contributed by atoms with E-state index in [1.165, 1.54) is 0 Å². The number of aromatic amines is 1. The molecule has 4 heterocycles. The summed E-state index contributed by atoms with van der Waals surface area (Å²) in [5, 5.41) is 0.986. The van der Waals surface area contributed by atoms with Crippen LogP contribution in [0.4, 0.5) is 5.82 Å². The fraction of sp³-hybridized carbons (Fsp3) is 0.480. The molecular formula is C25H29N5O4S. The molecular weight excluding hydrogens is 466 g/mol. The predicted octanol–water partition coefficient (Wildman–Crippen LogP) is 2.80. The molecule has 3 aromatic rings. The highest BCUT2D eigenvalue weighted by atomic mass is 32.2. The van der Waals surface area contributed by atoms with Crippen LogP contribution in [0.1, 0.15) is 42.5 Å². The molecule has 184 valence electrons. The Balaban J connectivity index is 1.15. The summed E-state index contributed by atoms with van der Waals surface area (Å²) < 4.78 is 31.1. The molecule has 6 rings (SSSR count). The Morgan fingerprint density at radius 2 is 1.97 bits per heavy atom. The van der Waals surface area contributed by atoms with Crippen LogP contribution in [-0.2, 0) is 14.6 Å². The van der Waals surface area contributed by atoms with E-state index >= 15 is 0 Å². The minimum absolute atomic E-state index is 0.0368. The van der Waals surface area contributed by atoms with Crippen molar-refractivity contribution in [3.05, 3.63) is 48.4 Å². The molecule has 1 N–H and O–H groups in total. The molecule has 1 aliphatic carbocycles. The number of fused-ring (bicyclic) bond motifs is 1. The molecule has 2 aliphatic heterocycles. The monoisotopic (exact) mass is 495 g/mol. The number of carbonyl (C=O) groups excluding carboxylic acids is 1. The highest BCUT2D eigenvalue weighted by Gasteiger charge is 2.53. The Morgan fingerprint density at radius 1 is 1.14 bits per heavy atom. The van der Waals surface area contributed by atoms with Crippen LogP contribution in [0.2, 0.25) is 0 Å². The molecule has 2 saturated heterocycles. The minimum atomic E-state index is -3.40. The average molecular weight is 496 g/mol. The molecule has 35 heavy (non-hydrogen) atoms. The topological polar surface area (TPSA) is 108 Å². The number of hydrogen-bond donors (Lipinski definition) is 1. The van der Waals surface area contributed by atoms with Gasteiger partial charge in [0.05, 0.1) is 27.7 Å². The summed E-state index contributed by atoms with van der Waals surface area (Å²) in [6, 6.07) is 8.42. The molecule has 1 unspecified atom stereocenters. The molecule has 0 bridgehead atoms. The standard InChI is InChI=1S/C25H29N5O4S/c31-24(18-3-5-20(6-4-18)35(32,33)15-8-19-2-1-14-34-19)30-13-12-29(16-25(30)9-10-25)23-21-7-11-26-22(21)27-17-28-23/h3-7,11,17,19H,1-2,8-10,12-16H2,(H,26,27,28). The number of nitrogens with one attached hydrogen (secondary N) is 1. The van der Waals surface area contributed by atoms with Gasteiger partial charge in [-0.05, 0) is 62.4 Å². The number of anilines is 1. The van der Waals surface area contributed by atoms with Gasteiger partial charge in [0, 0.05) is 38.0 Å². The van der Waals surface area contributed by atoms with Crippen LogP contribution in [0.15, 0.2) is 47.8 Å². The first-order chi connectivity index (χ1) is 17.0. The van der Waals surface area contributed by atoms with Crippen LogP contribution in [0.25, 0.3) is 11.0 Å². The highest BCUT2D eigenvalue weighted by molar-refractivity contribution is 7.91. The van der Waals surface area contributed by atoms with Crippen molar-refractivity contribution in [2.75, 3.05) is 36.9 Å². The van der Waals surface area contributed by atoms with E-state index in [1.54, 1.807) is 30.6 Å². The summed E-state index contributed by atoms with van der Waals surface area (Å²) in [7, 11) is -3.40. The fourth-order valence-corrected chi connectivity index (χ4v) is 6.76. The van der Waals surface area contributed by atoms with Crippen LogP contribution in [0.3, 0.4) is 0 Å². The average Bonchev–Trinajstić information content (AvgIpc) is 3.27. The van der Waals surface area contributed by atoms with Crippen LogP contribution >= 0.6 is 0 Å². The zero-order valence-electron chi connectivity index (χ0n) is 19.5. The maximum absolute atomic E-state index is 13.4. The third-order valence-electron chi connectivity index (χ3n) is 7.55. The predicted molar refractivity (Wildman–Crippen MR) is 131 cm³/mol. The van der Waals surface area contributed by atoms with E-state index in [0.717, 1.165) is 49.1 Å². The number of piperazine rings is 1. The van der Waals surface area contributed by atoms with E-state index in [2.05, 4.69) is 19.9 Å². The minimum Gasteiger partial charge on any atom is -0.378 e. The molecule has 1 atom stereocenters. The van der Waals surface area contributed by atoms with E-state index in [-0.39, 0.29) is 28.2 Å². The largest absolute Gasteiger partial charge is 0.378 e. The van der Waals surface area contributed by atoms with E-state index in [0.29, 0.717) is 31.7 Å². The number of hydrogen-bond acceptors (Lipinski definition) is 7. The van der Waals surface area contributed by atoms with Gasteiger partial charge < -0.3 is 19.5 Å². The fourth-order valence-electron chi connectivity index (χ4n) is 5.40. The number of benzene rings is 1. The number of aromatic nitrogens is 3. The summed E-state index contributed by atoms with van der Waals surface area (Å²) in [6.45, 7) is 2.72. The van der Waals surface area contributed by atoms with Gasteiger partial charge in [0.15, 0.2) is 9.84 Å². The Hall–Kier alpha value is -2.98. The lowest BCUT2D eigenvalue weighted by Crippen LogP contribution is -2.57. The Labute approximate surface area is 204 Å². The zero-order valence-corrected chi connectivity index (χ0v) is 20.3. The molecule has 2 aromatic heterocycles. The van der Waals surface area contributed by atoms with Gasteiger partial charge in [-0.25, -0.2) is 18.4 Å². The molecule has 3 aliphatic rings. The summed E-state index contributed by atoms with van der Waals surface area (Å²) in [6.07, 6.45) is 7.80. The quantitative estimate of drug-likeness (QED) is 0.560. The van der Waals surface area contributed by atoms with Crippen molar-refractivity contribution in [1.82, 2.24) is 19.9 Å². The van der Waals surface area contributed by atoms with Crippen molar-refractivity contribution >= 4 is 32.6 Å². The number of ether oxygens (including phenoxy) is 1. The normalized spacial score (nSPS) is 21.7. The SMILES string of the molecule is O=C(c1ccc(S(=O)(=O)CCC2CCCO2)cc1)N1CCN(c2ncnc3[nH]ccc23)CC12CC2. The Kier molecular flexibility index (Phi) is 5.52. The van der Waals surface area contributed by atoms with Crippen molar-refractivity contribution < 1.29 is 17.9 Å². The van der Waals surface area contributed by atoms with Crippen LogP contribution in [0, 0.1) is 0 Å². The van der Waals surface area contributed by atoms with E-state index < -0.39 is 9.84 Å². The lowest BCUT2D eigenvalue weighted by Gasteiger charge is -2.43. The van der Waals surface area contributed by atoms with Gasteiger partial charge in [0.25, 0.3) is 5.91 Å². The number of H-pyrrole nitrogens is 1. The van der Waals surface area contributed by atoms with E-state index in [9.17, 15) is 13.2 Å². The van der Waals surface area contributed by atoms with Gasteiger partial charge in [-0.2, -0.15) is 0 Å².